The third-order valence-electron chi connectivity index (χ3n) is 4.29. The van der Waals surface area contributed by atoms with Gasteiger partial charge in [-0.1, -0.05) is 0 Å². The number of halogens is 3. The topological polar surface area (TPSA) is 91.8 Å². The van der Waals surface area contributed by atoms with Gasteiger partial charge in [0.05, 0.1) is 5.69 Å². The number of rotatable bonds is 5. The number of ether oxygens (including phenoxy) is 1. The van der Waals surface area contributed by atoms with Crippen molar-refractivity contribution in [3.63, 3.8) is 0 Å². The normalized spacial score (nSPS) is 16.8. The monoisotopic (exact) mass is 422 g/mol. The maximum absolute atomic E-state index is 12.8. The highest BCUT2D eigenvalue weighted by atomic mass is 19.4. The number of carbonyl (C=O) groups excluding carboxylic acids is 3. The molecule has 158 valence electrons. The number of imide groups is 1. The van der Waals surface area contributed by atoms with E-state index in [0.717, 1.165) is 17.0 Å². The molecule has 1 aliphatic rings. The first kappa shape index (κ1) is 21.1. The number of hydrogen-bond donors (Lipinski definition) is 1. The Kier molecular flexibility index (Phi) is 5.63. The van der Waals surface area contributed by atoms with E-state index in [2.05, 4.69) is 15.0 Å². The van der Waals surface area contributed by atoms with E-state index in [1.807, 2.05) is 0 Å². The first-order chi connectivity index (χ1) is 14.0. The maximum atomic E-state index is 12.8. The van der Waals surface area contributed by atoms with Crippen LogP contribution >= 0.6 is 0 Å². The van der Waals surface area contributed by atoms with Gasteiger partial charge in [0.1, 0.15) is 17.6 Å². The van der Waals surface area contributed by atoms with Crippen molar-refractivity contribution in [2.24, 2.45) is 0 Å². The van der Waals surface area contributed by atoms with Gasteiger partial charge in [-0.2, -0.15) is 0 Å². The molecule has 11 heteroatoms. The Morgan fingerprint density at radius 1 is 1.20 bits per heavy atom. The molecule has 1 fully saturated rings. The van der Waals surface area contributed by atoms with E-state index in [1.54, 1.807) is 19.1 Å². The average Bonchev–Trinajstić information content (AvgIpc) is 2.85. The standard InChI is InChI=1S/C19H17F3N4O4/c1-11-17(28)26(14-3-5-15(6-4-14)30-19(20,21)22)18(29)25(11)10-13-7-8-23-16(9-13)24-12(2)27/h3-9,11H,10H2,1-2H3,(H,23,24,27). The lowest BCUT2D eigenvalue weighted by Gasteiger charge is -2.19. The predicted octanol–water partition coefficient (Wildman–Crippen LogP) is 3.30. The summed E-state index contributed by atoms with van der Waals surface area (Å²) in [7, 11) is 0. The average molecular weight is 422 g/mol. The minimum Gasteiger partial charge on any atom is -0.406 e. The number of nitrogens with zero attached hydrogens (tertiary/aromatic N) is 3. The fourth-order valence-electron chi connectivity index (χ4n) is 2.97. The quantitative estimate of drug-likeness (QED) is 0.747. The van der Waals surface area contributed by atoms with Gasteiger partial charge in [-0.25, -0.2) is 14.7 Å². The second-order valence-electron chi connectivity index (χ2n) is 6.53. The van der Waals surface area contributed by atoms with Crippen molar-refractivity contribution in [2.75, 3.05) is 10.2 Å². The molecule has 4 amide bonds. The molecule has 1 aromatic heterocycles. The Hall–Kier alpha value is -3.63. The van der Waals surface area contributed by atoms with Crippen LogP contribution in [0.3, 0.4) is 0 Å². The van der Waals surface area contributed by atoms with Crippen LogP contribution in [0.25, 0.3) is 0 Å². The van der Waals surface area contributed by atoms with Crippen molar-refractivity contribution >= 4 is 29.4 Å². The summed E-state index contributed by atoms with van der Waals surface area (Å²) in [5.74, 6) is -0.967. The van der Waals surface area contributed by atoms with Crippen LogP contribution in [-0.2, 0) is 16.1 Å². The summed E-state index contributed by atoms with van der Waals surface area (Å²) in [5.41, 5.74) is 0.764. The fraction of sp³-hybridized carbons (Fsp3) is 0.263. The Morgan fingerprint density at radius 3 is 2.47 bits per heavy atom. The summed E-state index contributed by atoms with van der Waals surface area (Å²) < 4.78 is 40.7. The smallest absolute Gasteiger partial charge is 0.406 e. The van der Waals surface area contributed by atoms with Gasteiger partial charge in [0.25, 0.3) is 5.91 Å². The Bertz CT molecular complexity index is 978. The Morgan fingerprint density at radius 2 is 1.87 bits per heavy atom. The number of anilines is 2. The van der Waals surface area contributed by atoms with Crippen molar-refractivity contribution in [3.05, 3.63) is 48.2 Å². The highest BCUT2D eigenvalue weighted by Crippen LogP contribution is 2.30. The number of pyridine rings is 1. The van der Waals surface area contributed by atoms with Crippen molar-refractivity contribution < 1.29 is 32.3 Å². The zero-order valence-electron chi connectivity index (χ0n) is 15.9. The van der Waals surface area contributed by atoms with Crippen LogP contribution in [0.5, 0.6) is 5.75 Å². The van der Waals surface area contributed by atoms with Crippen molar-refractivity contribution in [1.82, 2.24) is 9.88 Å². The van der Waals surface area contributed by atoms with Crippen LogP contribution in [0.4, 0.5) is 29.5 Å². The molecule has 2 heterocycles. The van der Waals surface area contributed by atoms with Gasteiger partial charge in [0.2, 0.25) is 5.91 Å². The minimum atomic E-state index is -4.84. The number of carbonyl (C=O) groups is 3. The molecule has 1 N–H and O–H groups in total. The number of urea groups is 1. The summed E-state index contributed by atoms with van der Waals surface area (Å²) >= 11 is 0. The van der Waals surface area contributed by atoms with Crippen LogP contribution < -0.4 is 15.0 Å². The van der Waals surface area contributed by atoms with Gasteiger partial charge in [0.15, 0.2) is 0 Å². The lowest BCUT2D eigenvalue weighted by Crippen LogP contribution is -2.33. The van der Waals surface area contributed by atoms with Crippen LogP contribution in [0.1, 0.15) is 19.4 Å². The lowest BCUT2D eigenvalue weighted by molar-refractivity contribution is -0.274. The highest BCUT2D eigenvalue weighted by Gasteiger charge is 2.43. The van der Waals surface area contributed by atoms with Crippen molar-refractivity contribution in [2.45, 2.75) is 32.8 Å². The molecule has 3 rings (SSSR count). The molecular weight excluding hydrogens is 405 g/mol. The molecule has 0 spiro atoms. The van der Waals surface area contributed by atoms with Gasteiger partial charge in [-0.05, 0) is 48.9 Å². The van der Waals surface area contributed by atoms with Crippen molar-refractivity contribution in [3.8, 4) is 5.75 Å². The number of aromatic nitrogens is 1. The first-order valence-corrected chi connectivity index (χ1v) is 8.78. The van der Waals surface area contributed by atoms with Crippen LogP contribution in [-0.4, -0.2) is 40.1 Å². The molecule has 1 saturated heterocycles. The highest BCUT2D eigenvalue weighted by molar-refractivity contribution is 6.21. The zero-order chi connectivity index (χ0) is 22.1. The predicted molar refractivity (Wildman–Crippen MR) is 99.6 cm³/mol. The van der Waals surface area contributed by atoms with E-state index < -0.39 is 30.1 Å². The molecule has 0 radical (unpaired) electrons. The molecule has 0 bridgehead atoms. The second kappa shape index (κ2) is 8.01. The molecule has 30 heavy (non-hydrogen) atoms. The molecule has 2 aromatic rings. The number of hydrogen-bond acceptors (Lipinski definition) is 5. The van der Waals surface area contributed by atoms with E-state index in [4.69, 9.17) is 0 Å². The summed E-state index contributed by atoms with van der Waals surface area (Å²) in [5, 5.41) is 2.53. The van der Waals surface area contributed by atoms with E-state index in [0.29, 0.717) is 11.4 Å². The van der Waals surface area contributed by atoms with E-state index in [9.17, 15) is 27.6 Å². The summed E-state index contributed by atoms with van der Waals surface area (Å²) in [6, 6.07) is 6.27. The SMILES string of the molecule is CC(=O)Nc1cc(CN2C(=O)N(c3ccc(OC(F)(F)F)cc3)C(=O)C2C)ccn1. The van der Waals surface area contributed by atoms with Gasteiger partial charge in [-0.3, -0.25) is 9.59 Å². The fourth-order valence-corrected chi connectivity index (χ4v) is 2.97. The molecule has 8 nitrogen and oxygen atoms in total. The number of amides is 4. The third kappa shape index (κ3) is 4.67. The van der Waals surface area contributed by atoms with Crippen molar-refractivity contribution in [1.29, 1.82) is 0 Å². The van der Waals surface area contributed by atoms with Crippen LogP contribution in [0, 0.1) is 0 Å². The van der Waals surface area contributed by atoms with Gasteiger partial charge in [-0.15, -0.1) is 13.2 Å². The first-order valence-electron chi connectivity index (χ1n) is 8.78. The summed E-state index contributed by atoms with van der Waals surface area (Å²) in [6.45, 7) is 2.96. The van der Waals surface area contributed by atoms with Crippen LogP contribution in [0.15, 0.2) is 42.6 Å². The molecule has 1 atom stereocenters. The molecule has 0 saturated carbocycles. The van der Waals surface area contributed by atoms with E-state index >= 15 is 0 Å². The van der Waals surface area contributed by atoms with E-state index in [-0.39, 0.29) is 18.1 Å². The minimum absolute atomic E-state index is 0.0760. The largest absolute Gasteiger partial charge is 0.573 e. The van der Waals surface area contributed by atoms with Gasteiger partial charge in [0, 0.05) is 19.7 Å². The third-order valence-corrected chi connectivity index (χ3v) is 4.29. The van der Waals surface area contributed by atoms with Gasteiger partial charge >= 0.3 is 12.4 Å². The number of benzene rings is 1. The Balaban J connectivity index is 1.78. The molecular formula is C19H17F3N4O4. The number of nitrogens with one attached hydrogen (secondary N) is 1. The summed E-state index contributed by atoms with van der Waals surface area (Å²) in [6.07, 6.45) is -3.38. The molecule has 1 unspecified atom stereocenters. The van der Waals surface area contributed by atoms with E-state index in [1.165, 1.54) is 30.2 Å². The zero-order valence-corrected chi connectivity index (χ0v) is 15.9. The lowest BCUT2D eigenvalue weighted by atomic mass is 10.2. The Labute approximate surface area is 169 Å². The van der Waals surface area contributed by atoms with Gasteiger partial charge < -0.3 is 15.0 Å². The van der Waals surface area contributed by atoms with Crippen LogP contribution in [0.2, 0.25) is 0 Å². The molecule has 0 aliphatic carbocycles. The second-order valence-corrected chi connectivity index (χ2v) is 6.53. The molecule has 1 aliphatic heterocycles. The molecule has 1 aromatic carbocycles. The number of alkyl halides is 3. The summed E-state index contributed by atoms with van der Waals surface area (Å²) in [4.78, 5) is 42.9. The maximum Gasteiger partial charge on any atom is 0.573 e.